The molecule has 1 aliphatic heterocycles. The smallest absolute Gasteiger partial charge is 0.293 e. The Bertz CT molecular complexity index is 1100. The van der Waals surface area contributed by atoms with E-state index in [4.69, 9.17) is 4.74 Å². The summed E-state index contributed by atoms with van der Waals surface area (Å²) in [5.41, 5.74) is 1.24. The van der Waals surface area contributed by atoms with Crippen LogP contribution in [0.2, 0.25) is 0 Å². The van der Waals surface area contributed by atoms with Gasteiger partial charge in [0.2, 0.25) is 5.91 Å². The van der Waals surface area contributed by atoms with Gasteiger partial charge in [-0.3, -0.25) is 24.1 Å². The van der Waals surface area contributed by atoms with E-state index in [0.717, 1.165) is 22.2 Å². The maximum Gasteiger partial charge on any atom is 0.293 e. The Hall–Kier alpha value is -3.59. The summed E-state index contributed by atoms with van der Waals surface area (Å²) in [5, 5.41) is 5.11. The number of benzene rings is 2. The number of imide groups is 1. The molecule has 1 atom stereocenters. The van der Waals surface area contributed by atoms with Crippen LogP contribution in [-0.4, -0.2) is 53.6 Å². The minimum atomic E-state index is -0.776. The zero-order valence-corrected chi connectivity index (χ0v) is 20.8. The molecule has 184 valence electrons. The van der Waals surface area contributed by atoms with E-state index in [1.807, 2.05) is 51.1 Å². The third-order valence-corrected chi connectivity index (χ3v) is 6.18. The minimum absolute atomic E-state index is 0.0419. The monoisotopic (exact) mass is 495 g/mol. The summed E-state index contributed by atoms with van der Waals surface area (Å²) in [6.07, 6.45) is 1.68. The van der Waals surface area contributed by atoms with Crippen LogP contribution in [0.3, 0.4) is 0 Å². The summed E-state index contributed by atoms with van der Waals surface area (Å²) in [7, 11) is 0. The fraction of sp³-hybridized carbons (Fsp3) is 0.308. The van der Waals surface area contributed by atoms with Crippen LogP contribution in [0.1, 0.15) is 36.7 Å². The van der Waals surface area contributed by atoms with Crippen molar-refractivity contribution in [3.63, 3.8) is 0 Å². The maximum atomic E-state index is 12.8. The Morgan fingerprint density at radius 2 is 1.74 bits per heavy atom. The van der Waals surface area contributed by atoms with Crippen LogP contribution in [-0.2, 0) is 9.59 Å². The zero-order chi connectivity index (χ0) is 25.4. The number of rotatable bonds is 10. The molecule has 1 heterocycles. The van der Waals surface area contributed by atoms with Gasteiger partial charge in [-0.2, -0.15) is 0 Å². The third kappa shape index (κ3) is 6.95. The van der Waals surface area contributed by atoms with Crippen molar-refractivity contribution in [1.29, 1.82) is 0 Å². The van der Waals surface area contributed by atoms with Crippen LogP contribution in [0.25, 0.3) is 6.08 Å². The van der Waals surface area contributed by atoms with Crippen molar-refractivity contribution in [3.8, 4) is 5.75 Å². The molecule has 1 aliphatic rings. The molecular formula is C26H29N3O5S. The fourth-order valence-electron chi connectivity index (χ4n) is 3.42. The molecule has 3 rings (SSSR count). The van der Waals surface area contributed by atoms with Gasteiger partial charge in [0.25, 0.3) is 17.1 Å². The van der Waals surface area contributed by atoms with E-state index >= 15 is 0 Å². The molecule has 35 heavy (non-hydrogen) atoms. The van der Waals surface area contributed by atoms with Crippen molar-refractivity contribution >= 4 is 40.8 Å². The van der Waals surface area contributed by atoms with Crippen molar-refractivity contribution in [2.45, 2.75) is 26.8 Å². The predicted octanol–water partition coefficient (Wildman–Crippen LogP) is 3.69. The van der Waals surface area contributed by atoms with Gasteiger partial charge < -0.3 is 15.4 Å². The molecule has 2 N–H and O–H groups in total. The van der Waals surface area contributed by atoms with Gasteiger partial charge in [0, 0.05) is 18.7 Å². The number of nitrogens with zero attached hydrogens (tertiary/aromatic N) is 1. The van der Waals surface area contributed by atoms with Crippen LogP contribution in [0.5, 0.6) is 5.75 Å². The van der Waals surface area contributed by atoms with Gasteiger partial charge in [-0.25, -0.2) is 0 Å². The van der Waals surface area contributed by atoms with Crippen LogP contribution in [0.4, 0.5) is 4.79 Å². The Morgan fingerprint density at radius 3 is 2.37 bits per heavy atom. The first kappa shape index (κ1) is 26.0. The topological polar surface area (TPSA) is 105 Å². The number of nitrogens with one attached hydrogen (secondary N) is 2. The van der Waals surface area contributed by atoms with E-state index in [0.29, 0.717) is 22.8 Å². The third-order valence-electron chi connectivity index (χ3n) is 5.27. The Balaban J connectivity index is 1.54. The molecule has 0 spiro atoms. The summed E-state index contributed by atoms with van der Waals surface area (Å²) < 4.78 is 5.38. The van der Waals surface area contributed by atoms with Gasteiger partial charge in [0.1, 0.15) is 11.8 Å². The van der Waals surface area contributed by atoms with Gasteiger partial charge in [-0.15, -0.1) is 0 Å². The lowest BCUT2D eigenvalue weighted by Gasteiger charge is -2.22. The SMILES string of the molecule is CCOc1ccc(C(=O)N[C@H](C(=O)NCCN2C(=O)S/C(=C/c3ccccc3)C2=O)C(C)C)cc1. The van der Waals surface area contributed by atoms with Crippen LogP contribution < -0.4 is 15.4 Å². The highest BCUT2D eigenvalue weighted by Gasteiger charge is 2.35. The Kier molecular flexibility index (Phi) is 9.08. The van der Waals surface area contributed by atoms with Crippen molar-refractivity contribution < 1.29 is 23.9 Å². The highest BCUT2D eigenvalue weighted by molar-refractivity contribution is 8.18. The highest BCUT2D eigenvalue weighted by atomic mass is 32.2. The first-order valence-corrected chi connectivity index (χ1v) is 12.2. The summed E-state index contributed by atoms with van der Waals surface area (Å²) >= 11 is 0.877. The van der Waals surface area contributed by atoms with Crippen molar-refractivity contribution in [1.82, 2.24) is 15.5 Å². The molecule has 4 amide bonds. The summed E-state index contributed by atoms with van der Waals surface area (Å²) in [6.45, 7) is 6.18. The van der Waals surface area contributed by atoms with Gasteiger partial charge in [0.05, 0.1) is 11.5 Å². The van der Waals surface area contributed by atoms with Crippen LogP contribution >= 0.6 is 11.8 Å². The number of amides is 4. The van der Waals surface area contributed by atoms with Crippen LogP contribution in [0, 0.1) is 5.92 Å². The molecule has 0 radical (unpaired) electrons. The molecular weight excluding hydrogens is 466 g/mol. The molecule has 8 nitrogen and oxygen atoms in total. The van der Waals surface area contributed by atoms with E-state index in [1.54, 1.807) is 30.3 Å². The zero-order valence-electron chi connectivity index (χ0n) is 19.9. The summed E-state index contributed by atoms with van der Waals surface area (Å²) in [4.78, 5) is 51.9. The minimum Gasteiger partial charge on any atom is -0.494 e. The Labute approximate surface area is 209 Å². The van der Waals surface area contributed by atoms with Gasteiger partial charge >= 0.3 is 0 Å². The van der Waals surface area contributed by atoms with Crippen molar-refractivity contribution in [2.75, 3.05) is 19.7 Å². The summed E-state index contributed by atoms with van der Waals surface area (Å²) in [6, 6.07) is 15.2. The molecule has 0 unspecified atom stereocenters. The van der Waals surface area contributed by atoms with E-state index in [9.17, 15) is 19.2 Å². The molecule has 9 heteroatoms. The average Bonchev–Trinajstić information content (AvgIpc) is 3.10. The lowest BCUT2D eigenvalue weighted by Crippen LogP contribution is -2.51. The molecule has 1 fully saturated rings. The first-order valence-electron chi connectivity index (χ1n) is 11.4. The normalized spacial score (nSPS) is 15.4. The quantitative estimate of drug-likeness (QED) is 0.487. The molecule has 1 saturated heterocycles. The van der Waals surface area contributed by atoms with E-state index in [-0.39, 0.29) is 42.0 Å². The van der Waals surface area contributed by atoms with E-state index in [2.05, 4.69) is 10.6 Å². The second-order valence-corrected chi connectivity index (χ2v) is 9.18. The number of ether oxygens (including phenoxy) is 1. The number of carbonyl (C=O) groups excluding carboxylic acids is 4. The van der Waals surface area contributed by atoms with Crippen molar-refractivity contribution in [3.05, 3.63) is 70.6 Å². The number of thioether (sulfide) groups is 1. The molecule has 0 aliphatic carbocycles. The number of hydrogen-bond acceptors (Lipinski definition) is 6. The molecule has 0 bridgehead atoms. The number of carbonyl (C=O) groups is 4. The van der Waals surface area contributed by atoms with Gasteiger partial charge in [0.15, 0.2) is 0 Å². The number of hydrogen-bond donors (Lipinski definition) is 2. The van der Waals surface area contributed by atoms with E-state index in [1.165, 1.54) is 0 Å². The Morgan fingerprint density at radius 1 is 1.06 bits per heavy atom. The molecule has 0 aromatic heterocycles. The lowest BCUT2D eigenvalue weighted by molar-refractivity contribution is -0.125. The molecule has 2 aromatic carbocycles. The standard InChI is InChI=1S/C26H29N3O5S/c1-4-34-20-12-10-19(11-13-20)23(30)28-22(17(2)3)24(31)27-14-15-29-25(32)21(35-26(29)33)16-18-8-6-5-7-9-18/h5-13,16-17,22H,4,14-15H2,1-3H3,(H,27,31)(H,28,30)/b21-16+/t22-/m0/s1. The van der Waals surface area contributed by atoms with Crippen LogP contribution in [0.15, 0.2) is 59.5 Å². The predicted molar refractivity (Wildman–Crippen MR) is 136 cm³/mol. The average molecular weight is 496 g/mol. The second-order valence-electron chi connectivity index (χ2n) is 8.19. The van der Waals surface area contributed by atoms with E-state index < -0.39 is 6.04 Å². The largest absolute Gasteiger partial charge is 0.494 e. The van der Waals surface area contributed by atoms with Gasteiger partial charge in [-0.05, 0) is 60.5 Å². The second kappa shape index (κ2) is 12.2. The highest BCUT2D eigenvalue weighted by Crippen LogP contribution is 2.31. The lowest BCUT2D eigenvalue weighted by atomic mass is 10.0. The molecule has 0 saturated carbocycles. The maximum absolute atomic E-state index is 12.8. The first-order chi connectivity index (χ1) is 16.8. The van der Waals surface area contributed by atoms with Crippen molar-refractivity contribution in [2.24, 2.45) is 5.92 Å². The van der Waals surface area contributed by atoms with Gasteiger partial charge in [-0.1, -0.05) is 44.2 Å². The fourth-order valence-corrected chi connectivity index (χ4v) is 4.29. The summed E-state index contributed by atoms with van der Waals surface area (Å²) in [5.74, 6) is -0.659. The molecule has 2 aromatic rings.